The van der Waals surface area contributed by atoms with Crippen LogP contribution in [0.5, 0.6) is 0 Å². The van der Waals surface area contributed by atoms with E-state index < -0.39 is 16.1 Å². The Balaban J connectivity index is 1.48. The van der Waals surface area contributed by atoms with E-state index in [0.29, 0.717) is 42.8 Å². The number of carbonyl (C=O) groups is 1. The van der Waals surface area contributed by atoms with Crippen LogP contribution in [0.2, 0.25) is 5.02 Å². The Morgan fingerprint density at radius 3 is 2.56 bits per heavy atom. The highest BCUT2D eigenvalue weighted by molar-refractivity contribution is 7.89. The first-order chi connectivity index (χ1) is 17.2. The van der Waals surface area contributed by atoms with Crippen LogP contribution in [-0.2, 0) is 21.4 Å². The van der Waals surface area contributed by atoms with Crippen molar-refractivity contribution in [3.63, 3.8) is 0 Å². The van der Waals surface area contributed by atoms with Crippen LogP contribution in [0.1, 0.15) is 19.7 Å². The number of anilines is 1. The molecule has 1 amide bonds. The van der Waals surface area contributed by atoms with Crippen molar-refractivity contribution in [2.75, 3.05) is 31.5 Å². The summed E-state index contributed by atoms with van der Waals surface area (Å²) in [6, 6.07) is 13.2. The molecule has 2 aliphatic heterocycles. The molecule has 3 aromatic rings. The highest BCUT2D eigenvalue weighted by Crippen LogP contribution is 2.26. The average molecular weight is 529 g/mol. The molecule has 1 fully saturated rings. The van der Waals surface area contributed by atoms with Gasteiger partial charge in [0.2, 0.25) is 15.9 Å². The summed E-state index contributed by atoms with van der Waals surface area (Å²) in [6.07, 6.45) is 0. The fourth-order valence-electron chi connectivity index (χ4n) is 4.74. The number of sulfonamides is 1. The van der Waals surface area contributed by atoms with Crippen LogP contribution in [0.25, 0.3) is 10.9 Å². The highest BCUT2D eigenvalue weighted by atomic mass is 35.5. The van der Waals surface area contributed by atoms with Gasteiger partial charge < -0.3 is 10.6 Å². The van der Waals surface area contributed by atoms with E-state index in [0.717, 1.165) is 10.9 Å². The second-order valence-electron chi connectivity index (χ2n) is 9.56. The van der Waals surface area contributed by atoms with E-state index in [4.69, 9.17) is 21.6 Å². The Labute approximate surface area is 215 Å². The van der Waals surface area contributed by atoms with E-state index >= 15 is 0 Å². The molecule has 2 atom stereocenters. The number of hydrogen-bond acceptors (Lipinski definition) is 7. The van der Waals surface area contributed by atoms with Gasteiger partial charge in [-0.3, -0.25) is 9.69 Å². The number of piperazine rings is 1. The topological polar surface area (TPSA) is 108 Å². The van der Waals surface area contributed by atoms with Crippen LogP contribution in [0, 0.1) is 5.92 Å². The molecule has 190 valence electrons. The predicted molar refractivity (Wildman–Crippen MR) is 139 cm³/mol. The largest absolute Gasteiger partial charge is 0.358 e. The second kappa shape index (κ2) is 9.93. The molecule has 9 nitrogen and oxygen atoms in total. The van der Waals surface area contributed by atoms with E-state index in [1.54, 1.807) is 12.1 Å². The molecule has 3 heterocycles. The number of nitrogens with zero attached hydrogens (tertiary/aromatic N) is 4. The van der Waals surface area contributed by atoms with Gasteiger partial charge in [0.1, 0.15) is 17.7 Å². The number of amides is 1. The second-order valence-corrected chi connectivity index (χ2v) is 11.9. The number of rotatable bonds is 3. The molecule has 2 N–H and O–H groups in total. The molecule has 1 aromatic heterocycles. The summed E-state index contributed by atoms with van der Waals surface area (Å²) >= 11 is 5.95. The van der Waals surface area contributed by atoms with Crippen LogP contribution in [-0.4, -0.2) is 71.8 Å². The standard InChI is InChI=1S/C25H29ClN6O3S/c1-16(2)23-25(33)27-13-18-14-32(36(34,35)19-9-7-17(26)8-10-19)12-11-31(18)15-22-28-21-6-4-3-5-20(21)24(29-22)30-23/h3-10,16,18,23H,11-15H2,1-2H3,(H,27,33)(H,28,29,30)/t18?,23-/m0/s1. The van der Waals surface area contributed by atoms with E-state index in [9.17, 15) is 13.2 Å². The predicted octanol–water partition coefficient (Wildman–Crippen LogP) is 2.72. The molecule has 0 aliphatic carbocycles. The first kappa shape index (κ1) is 24.9. The molecule has 0 radical (unpaired) electrons. The molecule has 0 spiro atoms. The van der Waals surface area contributed by atoms with Gasteiger partial charge in [0.25, 0.3) is 0 Å². The Bertz CT molecular complexity index is 1380. The van der Waals surface area contributed by atoms with Crippen molar-refractivity contribution in [3.05, 3.63) is 59.4 Å². The monoisotopic (exact) mass is 528 g/mol. The van der Waals surface area contributed by atoms with Gasteiger partial charge in [-0.1, -0.05) is 37.6 Å². The molecule has 11 heteroatoms. The number of carbonyl (C=O) groups excluding carboxylic acids is 1. The van der Waals surface area contributed by atoms with E-state index in [1.807, 2.05) is 38.1 Å². The van der Waals surface area contributed by atoms with E-state index in [1.165, 1.54) is 16.4 Å². The van der Waals surface area contributed by atoms with Gasteiger partial charge in [-0.15, -0.1) is 0 Å². The number of fused-ring (bicyclic) bond motifs is 5. The van der Waals surface area contributed by atoms with Gasteiger partial charge in [-0.2, -0.15) is 4.31 Å². The minimum absolute atomic E-state index is 0.00664. The maximum Gasteiger partial charge on any atom is 0.243 e. The third kappa shape index (κ3) is 4.90. The lowest BCUT2D eigenvalue weighted by Crippen LogP contribution is -2.58. The number of para-hydroxylation sites is 1. The van der Waals surface area contributed by atoms with E-state index in [-0.39, 0.29) is 29.3 Å². The number of nitrogens with one attached hydrogen (secondary N) is 2. The summed E-state index contributed by atoms with van der Waals surface area (Å²) in [5, 5.41) is 7.74. The van der Waals surface area contributed by atoms with Gasteiger partial charge in [-0.25, -0.2) is 18.4 Å². The zero-order chi connectivity index (χ0) is 25.4. The summed E-state index contributed by atoms with van der Waals surface area (Å²) in [4.78, 5) is 25.2. The molecule has 1 unspecified atom stereocenters. The number of halogens is 1. The minimum atomic E-state index is -3.70. The highest BCUT2D eigenvalue weighted by Gasteiger charge is 2.36. The quantitative estimate of drug-likeness (QED) is 0.538. The van der Waals surface area contributed by atoms with Gasteiger partial charge in [-0.05, 0) is 42.3 Å². The van der Waals surface area contributed by atoms with Crippen molar-refractivity contribution in [1.82, 2.24) is 24.5 Å². The molecular formula is C25H29ClN6O3S. The lowest BCUT2D eigenvalue weighted by atomic mass is 10.0. The van der Waals surface area contributed by atoms with Crippen LogP contribution >= 0.6 is 11.6 Å². The van der Waals surface area contributed by atoms with Crippen LogP contribution < -0.4 is 10.6 Å². The number of benzene rings is 2. The summed E-state index contributed by atoms with van der Waals surface area (Å²) in [5.74, 6) is 1.12. The smallest absolute Gasteiger partial charge is 0.243 e. The van der Waals surface area contributed by atoms with Crippen LogP contribution in [0.3, 0.4) is 0 Å². The molecule has 5 rings (SSSR count). The molecule has 0 saturated carbocycles. The first-order valence-electron chi connectivity index (χ1n) is 12.0. The van der Waals surface area contributed by atoms with Crippen molar-refractivity contribution < 1.29 is 13.2 Å². The molecule has 36 heavy (non-hydrogen) atoms. The molecule has 2 aliphatic rings. The third-order valence-electron chi connectivity index (χ3n) is 6.77. The fraction of sp³-hybridized carbons (Fsp3) is 0.400. The van der Waals surface area contributed by atoms with Crippen LogP contribution in [0.4, 0.5) is 5.82 Å². The van der Waals surface area contributed by atoms with Gasteiger partial charge in [0.05, 0.1) is 17.0 Å². The van der Waals surface area contributed by atoms with Crippen molar-refractivity contribution in [2.24, 2.45) is 5.92 Å². The summed E-state index contributed by atoms with van der Waals surface area (Å²) < 4.78 is 28.2. The van der Waals surface area contributed by atoms with Gasteiger partial charge in [0, 0.05) is 42.6 Å². The van der Waals surface area contributed by atoms with Crippen LogP contribution in [0.15, 0.2) is 53.4 Å². The third-order valence-corrected chi connectivity index (χ3v) is 8.90. The SMILES string of the molecule is CC(C)[C@@H]1Nc2nc(nc3ccccc23)CN2CCN(S(=O)(=O)c3ccc(Cl)cc3)CC2CNC1=O. The fourth-order valence-corrected chi connectivity index (χ4v) is 6.33. The maximum absolute atomic E-state index is 13.3. The number of hydrogen-bond donors (Lipinski definition) is 2. The molecule has 1 saturated heterocycles. The van der Waals surface area contributed by atoms with Crippen molar-refractivity contribution >= 4 is 44.3 Å². The van der Waals surface area contributed by atoms with Crippen molar-refractivity contribution in [1.29, 1.82) is 0 Å². The molecule has 2 aromatic carbocycles. The average Bonchev–Trinajstić information content (AvgIpc) is 2.87. The lowest BCUT2D eigenvalue weighted by Gasteiger charge is -2.40. The number of aromatic nitrogens is 2. The minimum Gasteiger partial charge on any atom is -0.358 e. The lowest BCUT2D eigenvalue weighted by molar-refractivity contribution is -0.123. The zero-order valence-electron chi connectivity index (χ0n) is 20.2. The van der Waals surface area contributed by atoms with Crippen molar-refractivity contribution in [2.45, 2.75) is 37.4 Å². The maximum atomic E-state index is 13.3. The Kier molecular flexibility index (Phi) is 6.86. The van der Waals surface area contributed by atoms with Gasteiger partial charge in [0.15, 0.2) is 0 Å². The molecular weight excluding hydrogens is 500 g/mol. The Hall–Kier alpha value is -2.79. The first-order valence-corrected chi connectivity index (χ1v) is 13.8. The summed E-state index contributed by atoms with van der Waals surface area (Å²) in [7, 11) is -3.70. The Morgan fingerprint density at radius 1 is 1.06 bits per heavy atom. The normalized spacial score (nSPS) is 21.9. The zero-order valence-corrected chi connectivity index (χ0v) is 21.8. The summed E-state index contributed by atoms with van der Waals surface area (Å²) in [5.41, 5.74) is 0.799. The summed E-state index contributed by atoms with van der Waals surface area (Å²) in [6.45, 7) is 5.77. The Morgan fingerprint density at radius 2 is 1.81 bits per heavy atom. The van der Waals surface area contributed by atoms with Crippen molar-refractivity contribution in [3.8, 4) is 0 Å². The van der Waals surface area contributed by atoms with Gasteiger partial charge >= 0.3 is 0 Å². The van der Waals surface area contributed by atoms with E-state index in [2.05, 4.69) is 15.5 Å². The molecule has 2 bridgehead atoms.